The highest BCUT2D eigenvalue weighted by Crippen LogP contribution is 2.50. The van der Waals surface area contributed by atoms with Gasteiger partial charge in [-0.15, -0.1) is 22.7 Å². The van der Waals surface area contributed by atoms with Crippen LogP contribution in [0.25, 0.3) is 9.75 Å². The molecular weight excluding hydrogens is 398 g/mol. The van der Waals surface area contributed by atoms with Crippen LogP contribution in [0.1, 0.15) is 0 Å². The fraction of sp³-hybridized carbons (Fsp3) is 0. The molecule has 0 radical (unpaired) electrons. The molecule has 0 unspecified atom stereocenters. The maximum absolute atomic E-state index is 11.9. The number of hydrogen-bond donors (Lipinski definition) is 1. The van der Waals surface area contributed by atoms with Crippen LogP contribution in [0.15, 0.2) is 24.6 Å². The minimum atomic E-state index is -3.41. The van der Waals surface area contributed by atoms with Crippen LogP contribution in [0.5, 0.6) is 0 Å². The number of thiophene rings is 2. The summed E-state index contributed by atoms with van der Waals surface area (Å²) >= 11 is 9.65. The minimum Gasteiger partial charge on any atom is -0.278 e. The van der Waals surface area contributed by atoms with Crippen molar-refractivity contribution in [1.29, 1.82) is 0 Å². The van der Waals surface area contributed by atoms with Crippen molar-refractivity contribution in [2.45, 2.75) is 4.90 Å². The molecule has 8 heteroatoms. The number of fused-ring (bicyclic) bond motifs is 3. The molecule has 0 aromatic carbocycles. The number of halogens is 2. The Labute approximate surface area is 117 Å². The van der Waals surface area contributed by atoms with Crippen molar-refractivity contribution in [2.75, 3.05) is 4.72 Å². The lowest BCUT2D eigenvalue weighted by atomic mass is 10.3. The van der Waals surface area contributed by atoms with E-state index in [1.807, 2.05) is 0 Å². The summed E-state index contributed by atoms with van der Waals surface area (Å²) in [5.74, 6) is 0. The SMILES string of the molecule is O=S1(=O)Nc2cc(Br)sc2-c2sc(Br)cc21. The molecule has 0 spiro atoms. The summed E-state index contributed by atoms with van der Waals surface area (Å²) in [5, 5.41) is 0. The highest BCUT2D eigenvalue weighted by molar-refractivity contribution is 9.11. The Morgan fingerprint density at radius 2 is 1.69 bits per heavy atom. The van der Waals surface area contributed by atoms with Crippen molar-refractivity contribution in [3.8, 4) is 9.75 Å². The van der Waals surface area contributed by atoms with Crippen molar-refractivity contribution in [3.63, 3.8) is 0 Å². The third kappa shape index (κ3) is 1.59. The molecule has 1 N–H and O–H groups in total. The van der Waals surface area contributed by atoms with Gasteiger partial charge in [-0.1, -0.05) is 0 Å². The Morgan fingerprint density at radius 3 is 2.44 bits per heavy atom. The van der Waals surface area contributed by atoms with Crippen molar-refractivity contribution in [2.24, 2.45) is 0 Å². The van der Waals surface area contributed by atoms with Crippen LogP contribution >= 0.6 is 54.5 Å². The van der Waals surface area contributed by atoms with Crippen LogP contribution in [-0.4, -0.2) is 8.42 Å². The molecule has 3 nitrogen and oxygen atoms in total. The van der Waals surface area contributed by atoms with Gasteiger partial charge in [0.25, 0.3) is 10.0 Å². The predicted molar refractivity (Wildman–Crippen MR) is 73.8 cm³/mol. The molecule has 0 saturated carbocycles. The molecule has 0 amide bonds. The quantitative estimate of drug-likeness (QED) is 0.722. The van der Waals surface area contributed by atoms with Gasteiger partial charge in [-0.2, -0.15) is 0 Å². The molecule has 0 bridgehead atoms. The third-order valence-corrected chi connectivity index (χ3v) is 7.07. The second-order valence-corrected chi connectivity index (χ2v) is 9.66. The maximum Gasteiger partial charge on any atom is 0.263 e. The van der Waals surface area contributed by atoms with E-state index in [-0.39, 0.29) is 0 Å². The molecule has 16 heavy (non-hydrogen) atoms. The van der Waals surface area contributed by atoms with E-state index < -0.39 is 10.0 Å². The highest BCUT2D eigenvalue weighted by atomic mass is 79.9. The Bertz CT molecular complexity index is 686. The van der Waals surface area contributed by atoms with E-state index in [1.54, 1.807) is 12.1 Å². The van der Waals surface area contributed by atoms with Gasteiger partial charge in [0.1, 0.15) is 4.90 Å². The van der Waals surface area contributed by atoms with Crippen LogP contribution in [-0.2, 0) is 10.0 Å². The molecule has 0 aliphatic carbocycles. The lowest BCUT2D eigenvalue weighted by molar-refractivity contribution is 0.601. The number of nitrogens with one attached hydrogen (secondary N) is 1. The number of anilines is 1. The third-order valence-electron chi connectivity index (χ3n) is 2.11. The van der Waals surface area contributed by atoms with Gasteiger partial charge in [-0.25, -0.2) is 8.42 Å². The van der Waals surface area contributed by atoms with E-state index in [2.05, 4.69) is 36.6 Å². The van der Waals surface area contributed by atoms with Crippen molar-refractivity contribution >= 4 is 70.2 Å². The molecule has 2 aromatic rings. The van der Waals surface area contributed by atoms with E-state index in [0.29, 0.717) is 10.6 Å². The minimum absolute atomic E-state index is 0.353. The average molecular weight is 401 g/mol. The van der Waals surface area contributed by atoms with Crippen molar-refractivity contribution < 1.29 is 8.42 Å². The van der Waals surface area contributed by atoms with Gasteiger partial charge in [0, 0.05) is 0 Å². The highest BCUT2D eigenvalue weighted by Gasteiger charge is 2.31. The second kappa shape index (κ2) is 3.55. The molecule has 0 fully saturated rings. The van der Waals surface area contributed by atoms with E-state index >= 15 is 0 Å². The zero-order chi connectivity index (χ0) is 11.5. The first-order valence-corrected chi connectivity index (χ1v) is 8.79. The summed E-state index contributed by atoms with van der Waals surface area (Å²) in [7, 11) is -3.41. The summed E-state index contributed by atoms with van der Waals surface area (Å²) in [4.78, 5) is 2.12. The molecule has 2 aromatic heterocycles. The van der Waals surface area contributed by atoms with Crippen molar-refractivity contribution in [3.05, 3.63) is 19.7 Å². The van der Waals surface area contributed by atoms with Crippen LogP contribution in [0.4, 0.5) is 5.69 Å². The fourth-order valence-electron chi connectivity index (χ4n) is 1.51. The Morgan fingerprint density at radius 1 is 1.06 bits per heavy atom. The summed E-state index contributed by atoms with van der Waals surface area (Å²) in [6.07, 6.45) is 0. The van der Waals surface area contributed by atoms with Gasteiger partial charge < -0.3 is 0 Å². The number of sulfonamides is 1. The Hall–Kier alpha value is 0.110. The summed E-state index contributed by atoms with van der Waals surface area (Å²) in [6.45, 7) is 0. The van der Waals surface area contributed by atoms with Gasteiger partial charge in [-0.3, -0.25) is 4.72 Å². The largest absolute Gasteiger partial charge is 0.278 e. The summed E-state index contributed by atoms with van der Waals surface area (Å²) in [6, 6.07) is 3.42. The number of hydrogen-bond acceptors (Lipinski definition) is 4. The van der Waals surface area contributed by atoms with E-state index in [9.17, 15) is 8.42 Å². The fourth-order valence-corrected chi connectivity index (χ4v) is 6.71. The average Bonchev–Trinajstić information content (AvgIpc) is 2.68. The van der Waals surface area contributed by atoms with Gasteiger partial charge in [0.15, 0.2) is 0 Å². The second-order valence-electron chi connectivity index (χ2n) is 3.14. The van der Waals surface area contributed by atoms with Gasteiger partial charge in [-0.05, 0) is 44.0 Å². The zero-order valence-corrected chi connectivity index (χ0v) is 13.1. The molecule has 84 valence electrons. The molecule has 3 rings (SSSR count). The lowest BCUT2D eigenvalue weighted by Crippen LogP contribution is -2.16. The van der Waals surface area contributed by atoms with Crippen LogP contribution in [0, 0.1) is 0 Å². The monoisotopic (exact) mass is 399 g/mol. The van der Waals surface area contributed by atoms with E-state index in [1.165, 1.54) is 22.7 Å². The summed E-state index contributed by atoms with van der Waals surface area (Å²) < 4.78 is 28.1. The smallest absolute Gasteiger partial charge is 0.263 e. The normalized spacial score (nSPS) is 16.4. The zero-order valence-electron chi connectivity index (χ0n) is 7.45. The molecule has 1 aliphatic heterocycles. The first-order valence-electron chi connectivity index (χ1n) is 4.09. The Balaban J connectivity index is 2.40. The first kappa shape index (κ1) is 11.2. The van der Waals surface area contributed by atoms with Gasteiger partial charge in [0.2, 0.25) is 0 Å². The molecule has 1 aliphatic rings. The predicted octanol–water partition coefficient (Wildman–Crippen LogP) is 4.12. The van der Waals surface area contributed by atoms with E-state index in [0.717, 1.165) is 17.3 Å². The molecule has 0 saturated heterocycles. The topological polar surface area (TPSA) is 46.2 Å². The molecule has 3 heterocycles. The van der Waals surface area contributed by atoms with Crippen LogP contribution in [0.3, 0.4) is 0 Å². The number of rotatable bonds is 0. The van der Waals surface area contributed by atoms with Crippen LogP contribution < -0.4 is 4.72 Å². The standard InChI is InChI=1S/C8H3Br2NO2S3/c9-5-1-3-7(14-5)8-4(2-6(10)15-8)16(12,13)11-3/h1-2,11H. The molecular formula is C8H3Br2NO2S3. The maximum atomic E-state index is 11.9. The summed E-state index contributed by atoms with van der Waals surface area (Å²) in [5.41, 5.74) is 0.652. The van der Waals surface area contributed by atoms with Crippen LogP contribution in [0.2, 0.25) is 0 Å². The first-order chi connectivity index (χ1) is 7.47. The Kier molecular flexibility index (Phi) is 2.49. The van der Waals surface area contributed by atoms with E-state index in [4.69, 9.17) is 0 Å². The van der Waals surface area contributed by atoms with Gasteiger partial charge >= 0.3 is 0 Å². The van der Waals surface area contributed by atoms with Crippen molar-refractivity contribution in [1.82, 2.24) is 0 Å². The lowest BCUT2D eigenvalue weighted by Gasteiger charge is -2.14. The van der Waals surface area contributed by atoms with Gasteiger partial charge in [0.05, 0.1) is 23.0 Å². The molecule has 0 atom stereocenters.